The van der Waals surface area contributed by atoms with Gasteiger partial charge >= 0.3 is 0 Å². The average Bonchev–Trinajstić information content (AvgIpc) is 2.68. The van der Waals surface area contributed by atoms with Crippen molar-refractivity contribution in [3.8, 4) is 0 Å². The Morgan fingerprint density at radius 1 is 1.35 bits per heavy atom. The summed E-state index contributed by atoms with van der Waals surface area (Å²) < 4.78 is 12.8. The molecule has 1 aromatic carbocycles. The molecule has 0 saturated heterocycles. The maximum Gasteiger partial charge on any atom is 0.123 e. The van der Waals surface area contributed by atoms with Crippen LogP contribution in [0.25, 0.3) is 0 Å². The summed E-state index contributed by atoms with van der Waals surface area (Å²) in [6.45, 7) is 2.11. The lowest BCUT2D eigenvalue weighted by molar-refractivity contribution is 0.144. The van der Waals surface area contributed by atoms with Crippen LogP contribution in [0.15, 0.2) is 24.3 Å². The number of hydrogen-bond acceptors (Lipinski definition) is 2. The summed E-state index contributed by atoms with van der Waals surface area (Å²) in [4.78, 5) is 0. The molecule has 2 rings (SSSR count). The number of halogens is 1. The van der Waals surface area contributed by atoms with Crippen LogP contribution in [0.1, 0.15) is 31.7 Å². The Balaban J connectivity index is 1.84. The first-order valence-corrected chi connectivity index (χ1v) is 6.33. The quantitative estimate of drug-likeness (QED) is 0.842. The SMILES string of the molecule is CC(Cc1ccc(F)cc1)N[C@H]1CCC[C@@H]1O. The maximum atomic E-state index is 12.8. The van der Waals surface area contributed by atoms with Crippen molar-refractivity contribution in [2.24, 2.45) is 0 Å². The molecular formula is C14H20FNO. The van der Waals surface area contributed by atoms with Gasteiger partial charge in [0.1, 0.15) is 5.82 Å². The molecule has 17 heavy (non-hydrogen) atoms. The zero-order valence-corrected chi connectivity index (χ0v) is 10.2. The molecule has 1 aromatic rings. The first-order chi connectivity index (χ1) is 8.15. The van der Waals surface area contributed by atoms with Gasteiger partial charge in [-0.05, 0) is 50.3 Å². The highest BCUT2D eigenvalue weighted by molar-refractivity contribution is 5.17. The van der Waals surface area contributed by atoms with Gasteiger partial charge in [0.05, 0.1) is 6.10 Å². The highest BCUT2D eigenvalue weighted by Crippen LogP contribution is 2.19. The van der Waals surface area contributed by atoms with Gasteiger partial charge in [0.25, 0.3) is 0 Å². The van der Waals surface area contributed by atoms with Gasteiger partial charge in [-0.1, -0.05) is 12.1 Å². The van der Waals surface area contributed by atoms with E-state index in [2.05, 4.69) is 12.2 Å². The van der Waals surface area contributed by atoms with Crippen LogP contribution in [0.3, 0.4) is 0 Å². The largest absolute Gasteiger partial charge is 0.392 e. The van der Waals surface area contributed by atoms with Gasteiger partial charge in [0.15, 0.2) is 0 Å². The molecule has 2 nitrogen and oxygen atoms in total. The summed E-state index contributed by atoms with van der Waals surface area (Å²) in [5, 5.41) is 13.2. The van der Waals surface area contributed by atoms with Gasteiger partial charge < -0.3 is 10.4 Å². The molecule has 1 aliphatic rings. The van der Waals surface area contributed by atoms with Crippen molar-refractivity contribution >= 4 is 0 Å². The highest BCUT2D eigenvalue weighted by Gasteiger charge is 2.25. The number of aliphatic hydroxyl groups is 1. The molecule has 1 aliphatic carbocycles. The molecule has 0 spiro atoms. The lowest BCUT2D eigenvalue weighted by Gasteiger charge is -2.22. The zero-order chi connectivity index (χ0) is 12.3. The Labute approximate surface area is 102 Å². The van der Waals surface area contributed by atoms with Crippen LogP contribution in [0.4, 0.5) is 4.39 Å². The molecule has 0 bridgehead atoms. The normalized spacial score (nSPS) is 26.1. The second-order valence-corrected chi connectivity index (χ2v) is 5.00. The average molecular weight is 237 g/mol. The van der Waals surface area contributed by atoms with Crippen LogP contribution in [0, 0.1) is 5.82 Å². The minimum absolute atomic E-state index is 0.194. The monoisotopic (exact) mass is 237 g/mol. The third kappa shape index (κ3) is 3.51. The number of nitrogens with one attached hydrogen (secondary N) is 1. The molecule has 1 unspecified atom stereocenters. The first-order valence-electron chi connectivity index (χ1n) is 6.33. The van der Waals surface area contributed by atoms with Crippen molar-refractivity contribution < 1.29 is 9.50 Å². The van der Waals surface area contributed by atoms with Gasteiger partial charge in [0.2, 0.25) is 0 Å². The van der Waals surface area contributed by atoms with E-state index in [4.69, 9.17) is 0 Å². The van der Waals surface area contributed by atoms with Gasteiger partial charge in [-0.15, -0.1) is 0 Å². The van der Waals surface area contributed by atoms with E-state index in [-0.39, 0.29) is 18.0 Å². The predicted octanol–water partition coefficient (Wildman–Crippen LogP) is 2.26. The van der Waals surface area contributed by atoms with Crippen molar-refractivity contribution in [3.05, 3.63) is 35.6 Å². The van der Waals surface area contributed by atoms with E-state index in [1.54, 1.807) is 0 Å². The number of aliphatic hydroxyl groups excluding tert-OH is 1. The Hall–Kier alpha value is -0.930. The van der Waals surface area contributed by atoms with E-state index in [1.807, 2.05) is 12.1 Å². The van der Waals surface area contributed by atoms with Gasteiger partial charge in [-0.25, -0.2) is 4.39 Å². The summed E-state index contributed by atoms with van der Waals surface area (Å²) >= 11 is 0. The maximum absolute atomic E-state index is 12.8. The van der Waals surface area contributed by atoms with E-state index in [0.717, 1.165) is 31.2 Å². The second kappa shape index (κ2) is 5.61. The van der Waals surface area contributed by atoms with E-state index in [1.165, 1.54) is 12.1 Å². The predicted molar refractivity (Wildman–Crippen MR) is 66.3 cm³/mol. The number of benzene rings is 1. The fourth-order valence-corrected chi connectivity index (χ4v) is 2.53. The van der Waals surface area contributed by atoms with Crippen LogP contribution in [0.5, 0.6) is 0 Å². The number of rotatable bonds is 4. The van der Waals surface area contributed by atoms with E-state index < -0.39 is 0 Å². The fourth-order valence-electron chi connectivity index (χ4n) is 2.53. The Kier molecular flexibility index (Phi) is 4.13. The molecule has 94 valence electrons. The Morgan fingerprint density at radius 3 is 2.65 bits per heavy atom. The molecule has 1 saturated carbocycles. The zero-order valence-electron chi connectivity index (χ0n) is 10.2. The van der Waals surface area contributed by atoms with Crippen LogP contribution in [0.2, 0.25) is 0 Å². The van der Waals surface area contributed by atoms with Crippen molar-refractivity contribution in [2.75, 3.05) is 0 Å². The first kappa shape index (κ1) is 12.5. The van der Waals surface area contributed by atoms with Crippen molar-refractivity contribution in [1.82, 2.24) is 5.32 Å². The minimum Gasteiger partial charge on any atom is -0.392 e. The topological polar surface area (TPSA) is 32.3 Å². The molecule has 3 atom stereocenters. The Bertz CT molecular complexity index is 352. The molecule has 0 aliphatic heterocycles. The van der Waals surface area contributed by atoms with Gasteiger partial charge in [-0.2, -0.15) is 0 Å². The van der Waals surface area contributed by atoms with E-state index >= 15 is 0 Å². The van der Waals surface area contributed by atoms with E-state index in [0.29, 0.717) is 6.04 Å². The summed E-state index contributed by atoms with van der Waals surface area (Å²) in [6.07, 6.45) is 3.72. The van der Waals surface area contributed by atoms with Crippen molar-refractivity contribution in [2.45, 2.75) is 50.8 Å². The summed E-state index contributed by atoms with van der Waals surface area (Å²) in [5.74, 6) is -0.194. The number of hydrogen-bond donors (Lipinski definition) is 2. The van der Waals surface area contributed by atoms with Gasteiger partial charge in [0, 0.05) is 12.1 Å². The lowest BCUT2D eigenvalue weighted by Crippen LogP contribution is -2.42. The third-order valence-corrected chi connectivity index (χ3v) is 3.43. The standard InChI is InChI=1S/C14H20FNO/c1-10(16-13-3-2-4-14(13)17)9-11-5-7-12(15)8-6-11/h5-8,10,13-14,16-17H,2-4,9H2,1H3/t10?,13-,14-/m0/s1. The molecule has 2 N–H and O–H groups in total. The van der Waals surface area contributed by atoms with Crippen molar-refractivity contribution in [3.63, 3.8) is 0 Å². The lowest BCUT2D eigenvalue weighted by atomic mass is 10.1. The van der Waals surface area contributed by atoms with Crippen LogP contribution in [-0.2, 0) is 6.42 Å². The molecule has 0 aromatic heterocycles. The van der Waals surface area contributed by atoms with Gasteiger partial charge in [-0.3, -0.25) is 0 Å². The molecule has 1 fully saturated rings. The molecular weight excluding hydrogens is 217 g/mol. The summed E-state index contributed by atoms with van der Waals surface area (Å²) in [6, 6.07) is 7.15. The van der Waals surface area contributed by atoms with E-state index in [9.17, 15) is 9.50 Å². The molecule has 3 heteroatoms. The summed E-state index contributed by atoms with van der Waals surface area (Å²) in [5.41, 5.74) is 1.12. The minimum atomic E-state index is -0.203. The molecule has 0 heterocycles. The molecule has 0 amide bonds. The fraction of sp³-hybridized carbons (Fsp3) is 0.571. The third-order valence-electron chi connectivity index (χ3n) is 3.43. The van der Waals surface area contributed by atoms with Crippen LogP contribution < -0.4 is 5.32 Å². The smallest absolute Gasteiger partial charge is 0.123 e. The van der Waals surface area contributed by atoms with Crippen LogP contribution in [-0.4, -0.2) is 23.3 Å². The molecule has 0 radical (unpaired) electrons. The van der Waals surface area contributed by atoms with Crippen LogP contribution >= 0.6 is 0 Å². The summed E-state index contributed by atoms with van der Waals surface area (Å²) in [7, 11) is 0. The van der Waals surface area contributed by atoms with Crippen molar-refractivity contribution in [1.29, 1.82) is 0 Å². The Morgan fingerprint density at radius 2 is 2.06 bits per heavy atom. The highest BCUT2D eigenvalue weighted by atomic mass is 19.1. The second-order valence-electron chi connectivity index (χ2n) is 5.00.